The third kappa shape index (κ3) is 3.47. The molecule has 0 aliphatic rings. The highest BCUT2D eigenvalue weighted by molar-refractivity contribution is 5.75. The van der Waals surface area contributed by atoms with E-state index < -0.39 is 0 Å². The number of nitrogens with zero attached hydrogens (tertiary/aromatic N) is 1. The molecule has 1 heterocycles. The van der Waals surface area contributed by atoms with E-state index in [1.54, 1.807) is 6.92 Å². The molecule has 0 radical (unpaired) electrons. The molecule has 0 saturated carbocycles. The van der Waals surface area contributed by atoms with Crippen molar-refractivity contribution in [2.75, 3.05) is 11.9 Å². The molecule has 1 aromatic heterocycles. The van der Waals surface area contributed by atoms with E-state index in [0.29, 0.717) is 12.6 Å². The minimum absolute atomic E-state index is 0.0979. The number of hydrogen-bond donors (Lipinski definition) is 1. The van der Waals surface area contributed by atoms with Crippen LogP contribution in [0.1, 0.15) is 20.8 Å². The average Bonchev–Trinajstić information content (AvgIpc) is 2.77. The number of carbonyl (C=O) groups excluding carboxylic acids is 1. The first-order valence-corrected chi connectivity index (χ1v) is 6.36. The first-order valence-electron chi connectivity index (χ1n) is 6.36. The van der Waals surface area contributed by atoms with E-state index in [9.17, 15) is 4.79 Å². The standard InChI is InChI=1S/C14H18N2O3/c1-9(2)18-13(17)10(3)8-15-14-16-11-6-4-5-7-12(11)19-14/h4-7,9-10H,8H2,1-3H3,(H,15,16). The molecule has 5 heteroatoms. The lowest BCUT2D eigenvalue weighted by atomic mass is 10.2. The fourth-order valence-electron chi connectivity index (χ4n) is 1.62. The maximum atomic E-state index is 11.6. The van der Waals surface area contributed by atoms with Crippen LogP contribution in [0.15, 0.2) is 28.7 Å². The zero-order valence-electron chi connectivity index (χ0n) is 11.3. The van der Waals surface area contributed by atoms with Crippen LogP contribution < -0.4 is 5.32 Å². The molecule has 0 aliphatic heterocycles. The SMILES string of the molecule is CC(C)OC(=O)C(C)CNc1nc2ccccc2o1. The van der Waals surface area contributed by atoms with Crippen LogP contribution in [0.5, 0.6) is 0 Å². The Morgan fingerprint density at radius 1 is 1.37 bits per heavy atom. The van der Waals surface area contributed by atoms with Crippen LogP contribution in [0.4, 0.5) is 6.01 Å². The summed E-state index contributed by atoms with van der Waals surface area (Å²) in [6.07, 6.45) is -0.0979. The molecule has 1 unspecified atom stereocenters. The molecule has 1 atom stereocenters. The first kappa shape index (κ1) is 13.4. The number of carbonyl (C=O) groups is 1. The minimum Gasteiger partial charge on any atom is -0.463 e. The van der Waals surface area contributed by atoms with E-state index in [1.807, 2.05) is 38.1 Å². The van der Waals surface area contributed by atoms with E-state index in [2.05, 4.69) is 10.3 Å². The number of anilines is 1. The summed E-state index contributed by atoms with van der Waals surface area (Å²) in [6, 6.07) is 7.94. The predicted octanol–water partition coefficient (Wildman–Crippen LogP) is 2.83. The summed E-state index contributed by atoms with van der Waals surface area (Å²) in [6.45, 7) is 5.90. The van der Waals surface area contributed by atoms with Gasteiger partial charge in [0, 0.05) is 6.54 Å². The molecule has 1 N–H and O–H groups in total. The van der Waals surface area contributed by atoms with Crippen LogP contribution in [-0.4, -0.2) is 23.6 Å². The topological polar surface area (TPSA) is 64.4 Å². The van der Waals surface area contributed by atoms with Gasteiger partial charge < -0.3 is 14.5 Å². The van der Waals surface area contributed by atoms with Crippen molar-refractivity contribution in [2.24, 2.45) is 5.92 Å². The molecular weight excluding hydrogens is 244 g/mol. The van der Waals surface area contributed by atoms with Crippen LogP contribution in [0, 0.1) is 5.92 Å². The number of aromatic nitrogens is 1. The van der Waals surface area contributed by atoms with Gasteiger partial charge in [-0.15, -0.1) is 0 Å². The van der Waals surface area contributed by atoms with Gasteiger partial charge in [0.25, 0.3) is 6.01 Å². The maximum Gasteiger partial charge on any atom is 0.310 e. The molecular formula is C14H18N2O3. The maximum absolute atomic E-state index is 11.6. The molecule has 2 rings (SSSR count). The van der Waals surface area contributed by atoms with Crippen LogP contribution in [-0.2, 0) is 9.53 Å². The van der Waals surface area contributed by atoms with E-state index in [1.165, 1.54) is 0 Å². The van der Waals surface area contributed by atoms with Crippen molar-refractivity contribution in [3.63, 3.8) is 0 Å². The van der Waals surface area contributed by atoms with Gasteiger partial charge in [-0.05, 0) is 26.0 Å². The number of oxazole rings is 1. The smallest absolute Gasteiger partial charge is 0.310 e. The minimum atomic E-state index is -0.252. The number of rotatable bonds is 5. The molecule has 0 amide bonds. The molecule has 0 spiro atoms. The molecule has 5 nitrogen and oxygen atoms in total. The summed E-state index contributed by atoms with van der Waals surface area (Å²) < 4.78 is 10.6. The van der Waals surface area contributed by atoms with Gasteiger partial charge >= 0.3 is 5.97 Å². The highest BCUT2D eigenvalue weighted by Gasteiger charge is 2.16. The van der Waals surface area contributed by atoms with Gasteiger partial charge in [0.2, 0.25) is 0 Å². The fraction of sp³-hybridized carbons (Fsp3) is 0.429. The van der Waals surface area contributed by atoms with E-state index in [4.69, 9.17) is 9.15 Å². The molecule has 19 heavy (non-hydrogen) atoms. The zero-order valence-corrected chi connectivity index (χ0v) is 11.3. The van der Waals surface area contributed by atoms with Gasteiger partial charge in [0.05, 0.1) is 12.0 Å². The molecule has 0 bridgehead atoms. The van der Waals surface area contributed by atoms with E-state index in [-0.39, 0.29) is 18.0 Å². The highest BCUT2D eigenvalue weighted by atomic mass is 16.5. The molecule has 102 valence electrons. The number of ether oxygens (including phenoxy) is 1. The number of fused-ring (bicyclic) bond motifs is 1. The third-order valence-electron chi connectivity index (χ3n) is 2.61. The Morgan fingerprint density at radius 2 is 2.11 bits per heavy atom. The summed E-state index contributed by atoms with van der Waals surface area (Å²) >= 11 is 0. The lowest BCUT2D eigenvalue weighted by molar-refractivity contribution is -0.151. The van der Waals surface area contributed by atoms with Crippen LogP contribution in [0.3, 0.4) is 0 Å². The van der Waals surface area contributed by atoms with Gasteiger partial charge in [0.1, 0.15) is 5.52 Å². The largest absolute Gasteiger partial charge is 0.463 e. The van der Waals surface area contributed by atoms with Crippen molar-refractivity contribution in [3.05, 3.63) is 24.3 Å². The van der Waals surface area contributed by atoms with Crippen molar-refractivity contribution in [1.29, 1.82) is 0 Å². The highest BCUT2D eigenvalue weighted by Crippen LogP contribution is 2.18. The first-order chi connectivity index (χ1) is 9.06. The van der Waals surface area contributed by atoms with Crippen LogP contribution in [0.25, 0.3) is 11.1 Å². The van der Waals surface area contributed by atoms with Crippen molar-refractivity contribution in [3.8, 4) is 0 Å². The van der Waals surface area contributed by atoms with Crippen molar-refractivity contribution >= 4 is 23.1 Å². The van der Waals surface area contributed by atoms with Crippen LogP contribution >= 0.6 is 0 Å². The quantitative estimate of drug-likeness (QED) is 0.839. The number of benzene rings is 1. The fourth-order valence-corrected chi connectivity index (χ4v) is 1.62. The lowest BCUT2D eigenvalue weighted by Gasteiger charge is -2.13. The Bertz CT molecular complexity index is 530. The Labute approximate surface area is 112 Å². The van der Waals surface area contributed by atoms with Gasteiger partial charge in [-0.3, -0.25) is 4.79 Å². The molecule has 2 aromatic rings. The monoisotopic (exact) mass is 262 g/mol. The second kappa shape index (κ2) is 5.73. The zero-order chi connectivity index (χ0) is 13.8. The summed E-state index contributed by atoms with van der Waals surface area (Å²) in [5.74, 6) is -0.476. The molecule has 0 aliphatic carbocycles. The number of para-hydroxylation sites is 2. The van der Waals surface area contributed by atoms with E-state index >= 15 is 0 Å². The summed E-state index contributed by atoms with van der Waals surface area (Å²) in [7, 11) is 0. The van der Waals surface area contributed by atoms with Crippen molar-refractivity contribution in [2.45, 2.75) is 26.9 Å². The summed E-state index contributed by atoms with van der Waals surface area (Å²) in [5, 5.41) is 3.01. The van der Waals surface area contributed by atoms with Gasteiger partial charge in [-0.2, -0.15) is 4.98 Å². The lowest BCUT2D eigenvalue weighted by Crippen LogP contribution is -2.24. The molecule has 1 aromatic carbocycles. The van der Waals surface area contributed by atoms with Crippen molar-refractivity contribution in [1.82, 2.24) is 4.98 Å². The van der Waals surface area contributed by atoms with Gasteiger partial charge in [-0.25, -0.2) is 0 Å². The number of nitrogens with one attached hydrogen (secondary N) is 1. The Hall–Kier alpha value is -2.04. The van der Waals surface area contributed by atoms with Crippen LogP contribution in [0.2, 0.25) is 0 Å². The third-order valence-corrected chi connectivity index (χ3v) is 2.61. The predicted molar refractivity (Wildman–Crippen MR) is 72.9 cm³/mol. The Kier molecular flexibility index (Phi) is 4.04. The van der Waals surface area contributed by atoms with E-state index in [0.717, 1.165) is 11.1 Å². The average molecular weight is 262 g/mol. The van der Waals surface area contributed by atoms with Gasteiger partial charge in [0.15, 0.2) is 5.58 Å². The second-order valence-corrected chi connectivity index (χ2v) is 4.75. The van der Waals surface area contributed by atoms with Crippen molar-refractivity contribution < 1.29 is 13.9 Å². The summed E-state index contributed by atoms with van der Waals surface area (Å²) in [5.41, 5.74) is 1.52. The number of hydrogen-bond acceptors (Lipinski definition) is 5. The summed E-state index contributed by atoms with van der Waals surface area (Å²) in [4.78, 5) is 15.9. The Morgan fingerprint density at radius 3 is 2.79 bits per heavy atom. The molecule has 0 fully saturated rings. The second-order valence-electron chi connectivity index (χ2n) is 4.75. The normalized spacial score (nSPS) is 12.6. The Balaban J connectivity index is 1.93. The van der Waals surface area contributed by atoms with Gasteiger partial charge in [-0.1, -0.05) is 19.1 Å². The number of esters is 1. The molecule has 0 saturated heterocycles.